The van der Waals surface area contributed by atoms with Gasteiger partial charge in [0.25, 0.3) is 0 Å². The van der Waals surface area contributed by atoms with E-state index in [-0.39, 0.29) is 25.9 Å². The zero-order valence-corrected chi connectivity index (χ0v) is 45.9. The van der Waals surface area contributed by atoms with Gasteiger partial charge >= 0.3 is 23.9 Å². The Morgan fingerprint density at radius 3 is 1.33 bits per heavy atom. The second-order valence-corrected chi connectivity index (χ2v) is 19.5. The highest BCUT2D eigenvalue weighted by molar-refractivity contribution is 5.74. The first kappa shape index (κ1) is 67.2. The van der Waals surface area contributed by atoms with Crippen molar-refractivity contribution < 1.29 is 58.2 Å². The molecule has 1 rings (SSSR count). The normalized spacial score (nSPS) is 18.8. The maximum Gasteiger partial charge on any atom is 0.335 e. The fourth-order valence-corrected chi connectivity index (χ4v) is 8.40. The number of aliphatic hydroxyl groups excluding tert-OH is 2. The summed E-state index contributed by atoms with van der Waals surface area (Å²) in [5.41, 5.74) is 0. The van der Waals surface area contributed by atoms with Gasteiger partial charge in [0, 0.05) is 19.3 Å². The van der Waals surface area contributed by atoms with Gasteiger partial charge in [0.1, 0.15) is 18.8 Å². The molecule has 1 aliphatic rings. The number of unbranched alkanes of at least 4 members (excludes halogenated alkanes) is 22. The molecule has 12 heteroatoms. The number of hydrogen-bond acceptors (Lipinski definition) is 11. The molecule has 12 nitrogen and oxygen atoms in total. The second kappa shape index (κ2) is 49.1. The Labute approximate surface area is 442 Å². The molecule has 0 aromatic heterocycles. The van der Waals surface area contributed by atoms with Crippen LogP contribution in [0.3, 0.4) is 0 Å². The summed E-state index contributed by atoms with van der Waals surface area (Å²) in [6.45, 7) is 5.74. The van der Waals surface area contributed by atoms with Crippen LogP contribution in [0.5, 0.6) is 0 Å². The molecule has 1 fully saturated rings. The van der Waals surface area contributed by atoms with E-state index in [0.717, 1.165) is 109 Å². The lowest BCUT2D eigenvalue weighted by atomic mass is 9.98. The summed E-state index contributed by atoms with van der Waals surface area (Å²) in [7, 11) is 0. The molecule has 0 aromatic rings. The molecule has 0 aromatic carbocycles. The molecule has 0 aliphatic carbocycles. The van der Waals surface area contributed by atoms with Crippen molar-refractivity contribution in [2.45, 2.75) is 276 Å². The van der Waals surface area contributed by atoms with Crippen molar-refractivity contribution in [3.05, 3.63) is 72.9 Å². The molecule has 0 bridgehead atoms. The predicted octanol–water partition coefficient (Wildman–Crippen LogP) is 14.6. The highest BCUT2D eigenvalue weighted by atomic mass is 16.7. The van der Waals surface area contributed by atoms with Crippen LogP contribution in [-0.2, 0) is 42.9 Å². The van der Waals surface area contributed by atoms with Gasteiger partial charge in [0.05, 0.1) is 6.61 Å². The lowest BCUT2D eigenvalue weighted by Gasteiger charge is -2.40. The van der Waals surface area contributed by atoms with Gasteiger partial charge in [0.15, 0.2) is 24.6 Å². The highest BCUT2D eigenvalue weighted by Crippen LogP contribution is 2.26. The summed E-state index contributed by atoms with van der Waals surface area (Å²) in [6, 6.07) is 0. The molecule has 3 N–H and O–H groups in total. The molecular weight excluding hydrogens is 925 g/mol. The molecule has 0 radical (unpaired) electrons. The fourth-order valence-electron chi connectivity index (χ4n) is 8.40. The zero-order chi connectivity index (χ0) is 53.3. The Bertz CT molecular complexity index is 1550. The van der Waals surface area contributed by atoms with Crippen LogP contribution in [-0.4, -0.2) is 89.2 Å². The molecule has 6 unspecified atom stereocenters. The molecule has 1 aliphatic heterocycles. The van der Waals surface area contributed by atoms with E-state index in [1.165, 1.54) is 70.6 Å². The summed E-state index contributed by atoms with van der Waals surface area (Å²) < 4.78 is 28.4. The Morgan fingerprint density at radius 1 is 0.466 bits per heavy atom. The van der Waals surface area contributed by atoms with Gasteiger partial charge in [-0.15, -0.1) is 0 Å². The van der Waals surface area contributed by atoms with Crippen molar-refractivity contribution in [3.63, 3.8) is 0 Å². The third kappa shape index (κ3) is 39.3. The van der Waals surface area contributed by atoms with E-state index in [1.54, 1.807) is 0 Å². The first-order chi connectivity index (χ1) is 35.6. The van der Waals surface area contributed by atoms with E-state index in [9.17, 15) is 34.5 Å². The number of ether oxygens (including phenoxy) is 5. The van der Waals surface area contributed by atoms with Crippen molar-refractivity contribution in [2.24, 2.45) is 0 Å². The summed E-state index contributed by atoms with van der Waals surface area (Å²) in [6.07, 6.45) is 48.8. The number of rotatable bonds is 48. The smallest absolute Gasteiger partial charge is 0.335 e. The van der Waals surface area contributed by atoms with Crippen LogP contribution in [0.25, 0.3) is 0 Å². The molecule has 0 spiro atoms. The van der Waals surface area contributed by atoms with Crippen LogP contribution in [0.2, 0.25) is 0 Å². The first-order valence-corrected chi connectivity index (χ1v) is 28.9. The SMILES string of the molecule is CC/C=C\C/C=C\C/C=C\CCCCCCCC(=O)OCC(COC1OC(C(=O)O)C(O)C(O)C1OC(=O)CCCCC/C=C\C/C=C\C/C=C\CC)OC(=O)CCCCCCCCCCCCCCCCC. The number of carbonyl (C=O) groups excluding carboxylic acids is 3. The summed E-state index contributed by atoms with van der Waals surface area (Å²) >= 11 is 0. The van der Waals surface area contributed by atoms with Gasteiger partial charge in [-0.25, -0.2) is 4.79 Å². The van der Waals surface area contributed by atoms with Crippen LogP contribution < -0.4 is 0 Å². The van der Waals surface area contributed by atoms with Gasteiger partial charge in [-0.2, -0.15) is 0 Å². The van der Waals surface area contributed by atoms with Gasteiger partial charge in [-0.3, -0.25) is 14.4 Å². The van der Waals surface area contributed by atoms with Crippen LogP contribution in [0.4, 0.5) is 0 Å². The van der Waals surface area contributed by atoms with Crippen molar-refractivity contribution in [1.82, 2.24) is 0 Å². The predicted molar refractivity (Wildman–Crippen MR) is 294 cm³/mol. The number of aliphatic hydroxyl groups is 2. The molecule has 0 amide bonds. The number of allylic oxidation sites excluding steroid dienone is 12. The monoisotopic (exact) mass is 1030 g/mol. The minimum absolute atomic E-state index is 0.0226. The van der Waals surface area contributed by atoms with Gasteiger partial charge in [-0.1, -0.05) is 209 Å². The van der Waals surface area contributed by atoms with Crippen LogP contribution >= 0.6 is 0 Å². The minimum atomic E-state index is -1.92. The molecule has 6 atom stereocenters. The topological polar surface area (TPSA) is 175 Å². The standard InChI is InChI=1S/C61H102O12/c1-4-7-10-13-16-19-22-25-27-30-32-35-38-41-44-47-53(62)69-50-52(71-54(63)48-45-42-39-36-34-31-28-26-23-20-17-14-11-8-5-2)51-70-61-59(57(66)56(65)58(73-61)60(67)68)72-55(64)49-46-43-40-37-33-29-24-21-18-15-12-9-6-3/h7,9-10,12,16,18-19,21,25,27,29,33,52,56-59,61,65-66H,4-6,8,11,13-15,17,20,22-24,26,28,30-32,34-51H2,1-3H3,(H,67,68)/b10-7-,12-9-,19-16-,21-18-,27-25-,33-29-. The summed E-state index contributed by atoms with van der Waals surface area (Å²) in [5, 5.41) is 31.4. The van der Waals surface area contributed by atoms with Crippen molar-refractivity contribution >= 4 is 23.9 Å². The van der Waals surface area contributed by atoms with Crippen LogP contribution in [0.15, 0.2) is 72.9 Å². The summed E-state index contributed by atoms with van der Waals surface area (Å²) in [5.74, 6) is -3.17. The van der Waals surface area contributed by atoms with Crippen LogP contribution in [0.1, 0.15) is 239 Å². The number of aliphatic carboxylic acids is 1. The average Bonchev–Trinajstić information content (AvgIpc) is 3.37. The first-order valence-electron chi connectivity index (χ1n) is 28.9. The summed E-state index contributed by atoms with van der Waals surface area (Å²) in [4.78, 5) is 51.0. The third-order valence-electron chi connectivity index (χ3n) is 12.8. The van der Waals surface area contributed by atoms with E-state index in [4.69, 9.17) is 23.7 Å². The maximum absolute atomic E-state index is 13.1. The largest absolute Gasteiger partial charge is 0.479 e. The Hall–Kier alpha value is -3.84. The second-order valence-electron chi connectivity index (χ2n) is 19.5. The Kier molecular flexibility index (Phi) is 45.1. The number of carboxylic acid groups (broad SMARTS) is 1. The van der Waals surface area contributed by atoms with Crippen molar-refractivity contribution in [3.8, 4) is 0 Å². The van der Waals surface area contributed by atoms with E-state index < -0.39 is 67.3 Å². The third-order valence-corrected chi connectivity index (χ3v) is 12.8. The number of hydrogen-bond donors (Lipinski definition) is 3. The molecule has 418 valence electrons. The maximum atomic E-state index is 13.1. The molecule has 1 heterocycles. The molecule has 1 saturated heterocycles. The van der Waals surface area contributed by atoms with E-state index >= 15 is 0 Å². The van der Waals surface area contributed by atoms with Gasteiger partial charge in [-0.05, 0) is 83.5 Å². The molecule has 0 saturated carbocycles. The lowest BCUT2D eigenvalue weighted by Crippen LogP contribution is -2.61. The highest BCUT2D eigenvalue weighted by Gasteiger charge is 2.50. The lowest BCUT2D eigenvalue weighted by molar-refractivity contribution is -0.301. The average molecular weight is 1030 g/mol. The van der Waals surface area contributed by atoms with Crippen molar-refractivity contribution in [2.75, 3.05) is 13.2 Å². The van der Waals surface area contributed by atoms with E-state index in [0.29, 0.717) is 19.3 Å². The molecular formula is C61H102O12. The van der Waals surface area contributed by atoms with Crippen molar-refractivity contribution in [1.29, 1.82) is 0 Å². The van der Waals surface area contributed by atoms with Gasteiger partial charge in [0.2, 0.25) is 0 Å². The molecule has 73 heavy (non-hydrogen) atoms. The Balaban J connectivity index is 2.72. The van der Waals surface area contributed by atoms with E-state index in [1.807, 2.05) is 0 Å². The minimum Gasteiger partial charge on any atom is -0.479 e. The number of carbonyl (C=O) groups is 4. The Morgan fingerprint density at radius 2 is 0.863 bits per heavy atom. The number of esters is 3. The quantitative estimate of drug-likeness (QED) is 0.0228. The van der Waals surface area contributed by atoms with E-state index in [2.05, 4.69) is 93.7 Å². The zero-order valence-electron chi connectivity index (χ0n) is 45.9. The van der Waals surface area contributed by atoms with Crippen LogP contribution in [0, 0.1) is 0 Å². The van der Waals surface area contributed by atoms with Gasteiger partial charge < -0.3 is 39.0 Å². The number of carboxylic acids is 1. The fraction of sp³-hybridized carbons (Fsp3) is 0.738.